The van der Waals surface area contributed by atoms with Gasteiger partial charge in [-0.25, -0.2) is 0 Å². The summed E-state index contributed by atoms with van der Waals surface area (Å²) in [5, 5.41) is 0. The lowest BCUT2D eigenvalue weighted by Gasteiger charge is -2.25. The summed E-state index contributed by atoms with van der Waals surface area (Å²) in [6, 6.07) is 45.6. The summed E-state index contributed by atoms with van der Waals surface area (Å²) in [5.41, 5.74) is 13.2. The van der Waals surface area contributed by atoms with Crippen LogP contribution >= 0.6 is 0 Å². The first-order valence-electron chi connectivity index (χ1n) is 14.6. The van der Waals surface area contributed by atoms with Crippen LogP contribution in [0.2, 0.25) is 0 Å². The Hall–Kier alpha value is -4.89. The number of hydrogen-bond acceptors (Lipinski definition) is 3. The number of aryl methyl sites for hydroxylation is 3. The van der Waals surface area contributed by atoms with Gasteiger partial charge < -0.3 is 0 Å². The van der Waals surface area contributed by atoms with Crippen molar-refractivity contribution in [2.24, 2.45) is 0 Å². The molecule has 0 N–H and O–H groups in total. The zero-order valence-electron chi connectivity index (χ0n) is 24.2. The molecule has 0 atom stereocenters. The second-order valence-corrected chi connectivity index (χ2v) is 11.5. The van der Waals surface area contributed by atoms with Crippen LogP contribution in [0.4, 0.5) is 0 Å². The SMILES string of the molecule is Cc1ccc(C2c3cccc(n3)C(c3ccc(C)cc3)c3cccc(n3)C(c3ccc(C)cc3)c3cccc2n3)cc1. The molecule has 0 amide bonds. The van der Waals surface area contributed by atoms with E-state index in [-0.39, 0.29) is 17.8 Å². The van der Waals surface area contributed by atoms with Crippen molar-refractivity contribution in [1.29, 1.82) is 0 Å². The van der Waals surface area contributed by atoms with Crippen molar-refractivity contribution < 1.29 is 0 Å². The summed E-state index contributed by atoms with van der Waals surface area (Å²) in [6.45, 7) is 6.38. The van der Waals surface area contributed by atoms with E-state index in [1.54, 1.807) is 0 Å². The Morgan fingerprint density at radius 2 is 0.524 bits per heavy atom. The molecule has 204 valence electrons. The van der Waals surface area contributed by atoms with E-state index < -0.39 is 0 Å². The molecule has 0 spiro atoms. The number of benzene rings is 3. The van der Waals surface area contributed by atoms with Gasteiger partial charge in [0.15, 0.2) is 0 Å². The molecule has 0 aliphatic carbocycles. The summed E-state index contributed by atoms with van der Waals surface area (Å²) in [5.74, 6) is -0.310. The summed E-state index contributed by atoms with van der Waals surface area (Å²) in [7, 11) is 0. The van der Waals surface area contributed by atoms with Gasteiger partial charge in [-0.05, 0) is 73.9 Å². The van der Waals surface area contributed by atoms with E-state index in [1.807, 2.05) is 0 Å². The van der Waals surface area contributed by atoms with Crippen LogP contribution in [0.15, 0.2) is 127 Å². The topological polar surface area (TPSA) is 38.7 Å². The monoisotopic (exact) mass is 543 g/mol. The van der Waals surface area contributed by atoms with Gasteiger partial charge in [0.25, 0.3) is 0 Å². The second-order valence-electron chi connectivity index (χ2n) is 11.5. The van der Waals surface area contributed by atoms with Crippen LogP contribution < -0.4 is 0 Å². The average Bonchev–Trinajstić information content (AvgIpc) is 3.01. The molecule has 0 radical (unpaired) electrons. The molecule has 42 heavy (non-hydrogen) atoms. The third kappa shape index (κ3) is 4.92. The van der Waals surface area contributed by atoms with Crippen LogP contribution in [-0.2, 0) is 0 Å². The molecular weight excluding hydrogens is 510 g/mol. The first-order valence-corrected chi connectivity index (χ1v) is 14.6. The van der Waals surface area contributed by atoms with Crippen LogP contribution in [0, 0.1) is 20.8 Å². The minimum Gasteiger partial charge on any atom is -0.256 e. The Morgan fingerprint density at radius 1 is 0.310 bits per heavy atom. The molecule has 0 fully saturated rings. The number of rotatable bonds is 3. The minimum absolute atomic E-state index is 0.103. The maximum absolute atomic E-state index is 5.38. The smallest absolute Gasteiger partial charge is 0.0686 e. The van der Waals surface area contributed by atoms with Crippen LogP contribution in [0.1, 0.15) is 85.3 Å². The predicted octanol–water partition coefficient (Wildman–Crippen LogP) is 8.65. The number of aromatic nitrogens is 3. The van der Waals surface area contributed by atoms with E-state index in [9.17, 15) is 0 Å². The average molecular weight is 544 g/mol. The lowest BCUT2D eigenvalue weighted by atomic mass is 9.85. The molecule has 6 aromatic rings. The van der Waals surface area contributed by atoms with E-state index in [2.05, 4.69) is 148 Å². The molecular formula is C39H33N3. The molecule has 0 unspecified atom stereocenters. The highest BCUT2D eigenvalue weighted by Gasteiger charge is 2.28. The fraction of sp³-hybridized carbons (Fsp3) is 0.154. The normalized spacial score (nSPS) is 17.6. The third-order valence-electron chi connectivity index (χ3n) is 8.38. The summed E-state index contributed by atoms with van der Waals surface area (Å²) in [4.78, 5) is 16.1. The molecule has 3 aromatic heterocycles. The van der Waals surface area contributed by atoms with E-state index in [4.69, 9.17) is 15.0 Å². The van der Waals surface area contributed by atoms with Gasteiger partial charge in [0, 0.05) is 0 Å². The van der Waals surface area contributed by atoms with Crippen molar-refractivity contribution in [2.45, 2.75) is 38.5 Å². The summed E-state index contributed by atoms with van der Waals surface area (Å²) >= 11 is 0. The van der Waals surface area contributed by atoms with Crippen molar-refractivity contribution in [1.82, 2.24) is 15.0 Å². The largest absolute Gasteiger partial charge is 0.256 e. The van der Waals surface area contributed by atoms with Crippen LogP contribution in [0.25, 0.3) is 0 Å². The number of nitrogens with zero attached hydrogens (tertiary/aromatic N) is 3. The summed E-state index contributed by atoms with van der Waals surface area (Å²) in [6.07, 6.45) is 0. The van der Waals surface area contributed by atoms with Crippen LogP contribution in [-0.4, -0.2) is 15.0 Å². The molecule has 1 aliphatic rings. The number of pyridine rings is 3. The first-order chi connectivity index (χ1) is 20.5. The quantitative estimate of drug-likeness (QED) is 0.224. The molecule has 6 bridgehead atoms. The predicted molar refractivity (Wildman–Crippen MR) is 169 cm³/mol. The Labute approximate surface area is 248 Å². The highest BCUT2D eigenvalue weighted by atomic mass is 14.8. The summed E-state index contributed by atoms with van der Waals surface area (Å²) < 4.78 is 0. The Kier molecular flexibility index (Phi) is 6.71. The molecule has 3 aromatic carbocycles. The zero-order chi connectivity index (χ0) is 28.6. The van der Waals surface area contributed by atoms with E-state index in [0.717, 1.165) is 34.2 Å². The van der Waals surface area contributed by atoms with Gasteiger partial charge in [-0.15, -0.1) is 0 Å². The lowest BCUT2D eigenvalue weighted by molar-refractivity contribution is 0.771. The van der Waals surface area contributed by atoms with Gasteiger partial charge in [0.2, 0.25) is 0 Å². The van der Waals surface area contributed by atoms with Gasteiger partial charge in [-0.2, -0.15) is 0 Å². The highest BCUT2D eigenvalue weighted by Crippen LogP contribution is 2.38. The Balaban J connectivity index is 1.53. The fourth-order valence-corrected chi connectivity index (χ4v) is 6.13. The van der Waals surface area contributed by atoms with E-state index in [0.29, 0.717) is 0 Å². The van der Waals surface area contributed by atoms with Gasteiger partial charge >= 0.3 is 0 Å². The standard InChI is InChI=1S/C39H33N3/c1-25-13-19-28(20-14-25)37-31-7-4-9-33(40-31)38(29-21-15-26(2)16-22-29)35-11-6-12-36(42-35)39(30-23-17-27(3)18-24-30)34-10-5-8-32(37)41-34/h4-24,37-39H,1-3H3. The zero-order valence-corrected chi connectivity index (χ0v) is 24.2. The third-order valence-corrected chi connectivity index (χ3v) is 8.38. The van der Waals surface area contributed by atoms with E-state index >= 15 is 0 Å². The number of fused-ring (bicyclic) bond motifs is 6. The molecule has 3 nitrogen and oxygen atoms in total. The van der Waals surface area contributed by atoms with Gasteiger partial charge in [-0.3, -0.25) is 15.0 Å². The highest BCUT2D eigenvalue weighted by molar-refractivity contribution is 5.46. The Morgan fingerprint density at radius 3 is 0.738 bits per heavy atom. The van der Waals surface area contributed by atoms with Gasteiger partial charge in [0.05, 0.1) is 51.9 Å². The second kappa shape index (κ2) is 10.8. The van der Waals surface area contributed by atoms with Crippen molar-refractivity contribution in [3.63, 3.8) is 0 Å². The van der Waals surface area contributed by atoms with Gasteiger partial charge in [-0.1, -0.05) is 108 Å². The minimum atomic E-state index is -0.103. The van der Waals surface area contributed by atoms with Crippen molar-refractivity contribution >= 4 is 0 Å². The van der Waals surface area contributed by atoms with Crippen molar-refractivity contribution in [2.75, 3.05) is 0 Å². The van der Waals surface area contributed by atoms with E-state index in [1.165, 1.54) is 33.4 Å². The van der Waals surface area contributed by atoms with Crippen molar-refractivity contribution in [3.05, 3.63) is 195 Å². The molecule has 0 saturated heterocycles. The fourth-order valence-electron chi connectivity index (χ4n) is 6.13. The molecule has 0 saturated carbocycles. The van der Waals surface area contributed by atoms with Crippen molar-refractivity contribution in [3.8, 4) is 0 Å². The molecule has 3 heteroatoms. The first kappa shape index (κ1) is 26.0. The number of hydrogen-bond donors (Lipinski definition) is 0. The van der Waals surface area contributed by atoms with Crippen LogP contribution in [0.3, 0.4) is 0 Å². The lowest BCUT2D eigenvalue weighted by Crippen LogP contribution is -2.17. The molecule has 4 heterocycles. The van der Waals surface area contributed by atoms with Crippen LogP contribution in [0.5, 0.6) is 0 Å². The maximum atomic E-state index is 5.38. The molecule has 1 aliphatic heterocycles. The Bertz CT molecular complexity index is 1580. The maximum Gasteiger partial charge on any atom is 0.0686 e. The van der Waals surface area contributed by atoms with Gasteiger partial charge in [0.1, 0.15) is 0 Å². The molecule has 7 rings (SSSR count).